The van der Waals surface area contributed by atoms with Gasteiger partial charge in [0.1, 0.15) is 0 Å². The number of hydrogen-bond acceptors (Lipinski definition) is 4. The van der Waals surface area contributed by atoms with Gasteiger partial charge >= 0.3 is 0 Å². The molecule has 0 aromatic heterocycles. The van der Waals surface area contributed by atoms with Gasteiger partial charge in [0.2, 0.25) is 0 Å². The summed E-state index contributed by atoms with van der Waals surface area (Å²) < 4.78 is 11.6. The summed E-state index contributed by atoms with van der Waals surface area (Å²) in [6.07, 6.45) is 5.31. The van der Waals surface area contributed by atoms with Crippen LogP contribution in [0.25, 0.3) is 0 Å². The molecule has 0 aliphatic carbocycles. The molecule has 2 aliphatic rings. The van der Waals surface area contributed by atoms with Crippen LogP contribution in [0.3, 0.4) is 0 Å². The molecule has 0 bridgehead atoms. The minimum absolute atomic E-state index is 0. The van der Waals surface area contributed by atoms with Gasteiger partial charge in [-0.3, -0.25) is 4.79 Å². The van der Waals surface area contributed by atoms with Crippen molar-refractivity contribution in [3.63, 3.8) is 0 Å². The Morgan fingerprint density at radius 2 is 1.74 bits per heavy atom. The van der Waals surface area contributed by atoms with E-state index >= 15 is 0 Å². The normalized spacial score (nSPS) is 18.2. The molecule has 27 heavy (non-hydrogen) atoms. The van der Waals surface area contributed by atoms with Crippen LogP contribution in [0.2, 0.25) is 0 Å². The summed E-state index contributed by atoms with van der Waals surface area (Å²) in [5.74, 6) is 1.51. The maximum absolute atomic E-state index is 13.0. The van der Waals surface area contributed by atoms with Gasteiger partial charge in [-0.1, -0.05) is 13.8 Å². The molecule has 2 aliphatic heterocycles. The van der Waals surface area contributed by atoms with Gasteiger partial charge in [-0.15, -0.1) is 12.4 Å². The second-order valence-electron chi connectivity index (χ2n) is 7.58. The summed E-state index contributed by atoms with van der Waals surface area (Å²) in [6.45, 7) is 9.34. The summed E-state index contributed by atoms with van der Waals surface area (Å²) in [4.78, 5) is 15.0. The molecule has 0 saturated carbocycles. The maximum Gasteiger partial charge on any atom is 0.253 e. The molecule has 0 unspecified atom stereocenters. The molecule has 2 heterocycles. The molecular formula is C21H33ClN2O3. The number of nitrogens with zero attached hydrogens (tertiary/aromatic N) is 1. The largest absolute Gasteiger partial charge is 0.490 e. The zero-order chi connectivity index (χ0) is 18.4. The molecule has 6 heteroatoms. The minimum Gasteiger partial charge on any atom is -0.490 e. The highest BCUT2D eigenvalue weighted by Gasteiger charge is 2.38. The van der Waals surface area contributed by atoms with E-state index in [0.29, 0.717) is 29.9 Å². The quantitative estimate of drug-likeness (QED) is 0.759. The zero-order valence-electron chi connectivity index (χ0n) is 16.6. The van der Waals surface area contributed by atoms with Crippen molar-refractivity contribution in [1.82, 2.24) is 10.2 Å². The third-order valence-electron chi connectivity index (χ3n) is 5.56. The Hall–Kier alpha value is -1.46. The number of amides is 1. The molecule has 152 valence electrons. The highest BCUT2D eigenvalue weighted by atomic mass is 35.5. The van der Waals surface area contributed by atoms with Crippen molar-refractivity contribution < 1.29 is 14.3 Å². The Morgan fingerprint density at radius 3 is 2.33 bits per heavy atom. The average Bonchev–Trinajstić information content (AvgIpc) is 3.13. The Morgan fingerprint density at radius 1 is 1.07 bits per heavy atom. The SMILES string of the molecule is CCCOc1ccc(C(=O)N2CCC3(CCNC3)CC2)cc1OCCC.Cl. The monoisotopic (exact) mass is 396 g/mol. The van der Waals surface area contributed by atoms with Gasteiger partial charge in [0.15, 0.2) is 11.5 Å². The number of benzene rings is 1. The van der Waals surface area contributed by atoms with Crippen molar-refractivity contribution in [2.45, 2.75) is 46.0 Å². The molecule has 1 aromatic rings. The van der Waals surface area contributed by atoms with Gasteiger partial charge in [0, 0.05) is 25.2 Å². The van der Waals surface area contributed by atoms with E-state index in [0.717, 1.165) is 57.6 Å². The van der Waals surface area contributed by atoms with Crippen LogP contribution in [0, 0.1) is 5.41 Å². The smallest absolute Gasteiger partial charge is 0.253 e. The van der Waals surface area contributed by atoms with Crippen molar-refractivity contribution in [1.29, 1.82) is 0 Å². The Bertz CT molecular complexity index is 607. The van der Waals surface area contributed by atoms with Gasteiger partial charge in [0.25, 0.3) is 5.91 Å². The van der Waals surface area contributed by atoms with E-state index in [1.165, 1.54) is 6.42 Å². The third kappa shape index (κ3) is 5.29. The van der Waals surface area contributed by atoms with E-state index in [9.17, 15) is 4.79 Å². The van der Waals surface area contributed by atoms with Crippen LogP contribution in [-0.2, 0) is 0 Å². The Kier molecular flexibility index (Phi) is 8.24. The predicted octanol–water partition coefficient (Wildman–Crippen LogP) is 3.90. The second-order valence-corrected chi connectivity index (χ2v) is 7.58. The van der Waals surface area contributed by atoms with Crippen LogP contribution in [0.4, 0.5) is 0 Å². The molecule has 1 amide bonds. The first-order valence-corrected chi connectivity index (χ1v) is 10.1. The van der Waals surface area contributed by atoms with Crippen LogP contribution in [0.1, 0.15) is 56.3 Å². The molecular weight excluding hydrogens is 364 g/mol. The number of nitrogens with one attached hydrogen (secondary N) is 1. The molecule has 0 atom stereocenters. The number of halogens is 1. The number of rotatable bonds is 7. The van der Waals surface area contributed by atoms with Crippen molar-refractivity contribution in [3.8, 4) is 11.5 Å². The fraction of sp³-hybridized carbons (Fsp3) is 0.667. The molecule has 0 radical (unpaired) electrons. The molecule has 5 nitrogen and oxygen atoms in total. The fourth-order valence-electron chi connectivity index (χ4n) is 3.89. The van der Waals surface area contributed by atoms with Gasteiger partial charge < -0.3 is 19.7 Å². The van der Waals surface area contributed by atoms with Crippen LogP contribution in [0.15, 0.2) is 18.2 Å². The Labute approximate surface area is 169 Å². The first kappa shape index (κ1) is 21.8. The highest BCUT2D eigenvalue weighted by Crippen LogP contribution is 2.37. The lowest BCUT2D eigenvalue weighted by Gasteiger charge is -2.39. The lowest BCUT2D eigenvalue weighted by Crippen LogP contribution is -2.44. The molecule has 2 saturated heterocycles. The summed E-state index contributed by atoms with van der Waals surface area (Å²) in [5, 5.41) is 3.47. The number of carbonyl (C=O) groups excluding carboxylic acids is 1. The topological polar surface area (TPSA) is 50.8 Å². The van der Waals surface area contributed by atoms with Crippen LogP contribution in [0.5, 0.6) is 11.5 Å². The van der Waals surface area contributed by atoms with Crippen LogP contribution >= 0.6 is 12.4 Å². The third-order valence-corrected chi connectivity index (χ3v) is 5.56. The van der Waals surface area contributed by atoms with Crippen molar-refractivity contribution in [2.24, 2.45) is 5.41 Å². The van der Waals surface area contributed by atoms with Gasteiger partial charge in [0.05, 0.1) is 13.2 Å². The fourth-order valence-corrected chi connectivity index (χ4v) is 3.89. The van der Waals surface area contributed by atoms with Crippen molar-refractivity contribution in [2.75, 3.05) is 39.4 Å². The Balaban J connectivity index is 0.00000261. The molecule has 1 aromatic carbocycles. The van der Waals surface area contributed by atoms with Crippen molar-refractivity contribution in [3.05, 3.63) is 23.8 Å². The summed E-state index contributed by atoms with van der Waals surface area (Å²) in [6, 6.07) is 5.60. The van der Waals surface area contributed by atoms with E-state index in [-0.39, 0.29) is 18.3 Å². The first-order valence-electron chi connectivity index (χ1n) is 10.1. The number of carbonyl (C=O) groups is 1. The number of likely N-dealkylation sites (tertiary alicyclic amines) is 1. The van der Waals surface area contributed by atoms with E-state index in [4.69, 9.17) is 9.47 Å². The standard InChI is InChI=1S/C21H32N2O3.ClH/c1-3-13-25-18-6-5-17(15-19(18)26-14-4-2)20(24)23-11-8-21(9-12-23)7-10-22-16-21;/h5-6,15,22H,3-4,7-14,16H2,1-2H3;1H. The summed E-state index contributed by atoms with van der Waals surface area (Å²) in [7, 11) is 0. The summed E-state index contributed by atoms with van der Waals surface area (Å²) >= 11 is 0. The summed E-state index contributed by atoms with van der Waals surface area (Å²) in [5.41, 5.74) is 1.12. The molecule has 3 rings (SSSR count). The van der Waals surface area contributed by atoms with Crippen LogP contribution in [-0.4, -0.2) is 50.2 Å². The van der Waals surface area contributed by atoms with E-state index in [1.807, 2.05) is 23.1 Å². The predicted molar refractivity (Wildman–Crippen MR) is 110 cm³/mol. The first-order chi connectivity index (χ1) is 12.7. The van der Waals surface area contributed by atoms with Gasteiger partial charge in [-0.2, -0.15) is 0 Å². The van der Waals surface area contributed by atoms with E-state index in [2.05, 4.69) is 19.2 Å². The zero-order valence-corrected chi connectivity index (χ0v) is 17.4. The van der Waals surface area contributed by atoms with Gasteiger partial charge in [-0.25, -0.2) is 0 Å². The maximum atomic E-state index is 13.0. The van der Waals surface area contributed by atoms with Crippen molar-refractivity contribution >= 4 is 18.3 Å². The number of ether oxygens (including phenoxy) is 2. The van der Waals surface area contributed by atoms with E-state index < -0.39 is 0 Å². The van der Waals surface area contributed by atoms with Gasteiger partial charge in [-0.05, 0) is 62.3 Å². The van der Waals surface area contributed by atoms with E-state index in [1.54, 1.807) is 0 Å². The average molecular weight is 397 g/mol. The lowest BCUT2D eigenvalue weighted by atomic mass is 9.78. The molecule has 1 spiro atoms. The van der Waals surface area contributed by atoms with Crippen LogP contribution < -0.4 is 14.8 Å². The molecule has 1 N–H and O–H groups in total. The minimum atomic E-state index is 0. The highest BCUT2D eigenvalue weighted by molar-refractivity contribution is 5.95. The molecule has 2 fully saturated rings. The number of hydrogen-bond donors (Lipinski definition) is 1. The number of piperidine rings is 1. The lowest BCUT2D eigenvalue weighted by molar-refractivity contribution is 0.0607. The second kappa shape index (κ2) is 10.2.